The maximum atomic E-state index is 10.6. The monoisotopic (exact) mass is 187 g/mol. The fourth-order valence-electron chi connectivity index (χ4n) is 1.42. The van der Waals surface area contributed by atoms with Gasteiger partial charge in [0.15, 0.2) is 0 Å². The van der Waals surface area contributed by atoms with Crippen LogP contribution in [-0.4, -0.2) is 56.7 Å². The third-order valence-corrected chi connectivity index (χ3v) is 1.95. The van der Waals surface area contributed by atoms with Crippen LogP contribution in [-0.2, 0) is 9.53 Å². The Kier molecular flexibility index (Phi) is 4.14. The van der Waals surface area contributed by atoms with Gasteiger partial charge in [-0.15, -0.1) is 0 Å². The Hall–Kier alpha value is -0.650. The van der Waals surface area contributed by atoms with Crippen molar-refractivity contribution < 1.29 is 9.53 Å². The highest BCUT2D eigenvalue weighted by molar-refractivity contribution is 5.75. The summed E-state index contributed by atoms with van der Waals surface area (Å²) in [5, 5.41) is 3.23. The van der Waals surface area contributed by atoms with E-state index in [2.05, 4.69) is 5.32 Å². The van der Waals surface area contributed by atoms with Crippen molar-refractivity contribution in [2.75, 3.05) is 39.8 Å². The largest absolute Gasteiger partial charge is 0.374 e. The molecule has 1 saturated heterocycles. The van der Waals surface area contributed by atoms with E-state index in [0.29, 0.717) is 6.54 Å². The summed E-state index contributed by atoms with van der Waals surface area (Å²) in [7, 11) is 1.86. The third-order valence-electron chi connectivity index (χ3n) is 1.95. The SMILES string of the molecule is CN(CC(N)=O)CC1CNCCO1. The molecule has 1 heterocycles. The average molecular weight is 187 g/mol. The maximum Gasteiger partial charge on any atom is 0.231 e. The van der Waals surface area contributed by atoms with Gasteiger partial charge in [-0.25, -0.2) is 0 Å². The average Bonchev–Trinajstić information content (AvgIpc) is 2.04. The summed E-state index contributed by atoms with van der Waals surface area (Å²) in [4.78, 5) is 12.5. The predicted octanol–water partition coefficient (Wildman–Crippen LogP) is -1.61. The predicted molar refractivity (Wildman–Crippen MR) is 49.3 cm³/mol. The van der Waals surface area contributed by atoms with Crippen LogP contribution in [0.2, 0.25) is 0 Å². The highest BCUT2D eigenvalue weighted by Crippen LogP contribution is 1.97. The van der Waals surface area contributed by atoms with Gasteiger partial charge in [0.2, 0.25) is 5.91 Å². The zero-order chi connectivity index (χ0) is 9.68. The summed E-state index contributed by atoms with van der Waals surface area (Å²) in [6.45, 7) is 3.55. The van der Waals surface area contributed by atoms with Crippen LogP contribution < -0.4 is 11.1 Å². The molecule has 13 heavy (non-hydrogen) atoms. The second-order valence-corrected chi connectivity index (χ2v) is 3.36. The van der Waals surface area contributed by atoms with Gasteiger partial charge in [0.1, 0.15) is 0 Å². The number of rotatable bonds is 4. The lowest BCUT2D eigenvalue weighted by molar-refractivity contribution is -0.119. The van der Waals surface area contributed by atoms with Gasteiger partial charge < -0.3 is 15.8 Å². The quantitative estimate of drug-likeness (QED) is 0.556. The number of likely N-dealkylation sites (N-methyl/N-ethyl adjacent to an activating group) is 1. The first-order chi connectivity index (χ1) is 6.18. The van der Waals surface area contributed by atoms with Gasteiger partial charge >= 0.3 is 0 Å². The molecule has 0 spiro atoms. The van der Waals surface area contributed by atoms with Crippen LogP contribution in [0.15, 0.2) is 0 Å². The molecule has 1 aliphatic rings. The molecule has 0 aromatic heterocycles. The molecular formula is C8H17N3O2. The highest BCUT2D eigenvalue weighted by atomic mass is 16.5. The lowest BCUT2D eigenvalue weighted by atomic mass is 10.3. The Morgan fingerprint density at radius 2 is 2.54 bits per heavy atom. The molecule has 1 fully saturated rings. The second-order valence-electron chi connectivity index (χ2n) is 3.36. The third kappa shape index (κ3) is 4.21. The van der Waals surface area contributed by atoms with E-state index in [9.17, 15) is 4.79 Å². The zero-order valence-electron chi connectivity index (χ0n) is 7.95. The van der Waals surface area contributed by atoms with Crippen molar-refractivity contribution in [3.63, 3.8) is 0 Å². The van der Waals surface area contributed by atoms with Crippen LogP contribution in [0.1, 0.15) is 0 Å². The number of hydrogen-bond acceptors (Lipinski definition) is 4. The number of carbonyl (C=O) groups is 1. The summed E-state index contributed by atoms with van der Waals surface area (Å²) in [6, 6.07) is 0. The van der Waals surface area contributed by atoms with Crippen molar-refractivity contribution >= 4 is 5.91 Å². The number of nitrogens with zero attached hydrogens (tertiary/aromatic N) is 1. The molecule has 0 aromatic carbocycles. The minimum absolute atomic E-state index is 0.179. The molecule has 3 N–H and O–H groups in total. The molecule has 1 rings (SSSR count). The number of ether oxygens (including phenoxy) is 1. The zero-order valence-corrected chi connectivity index (χ0v) is 7.95. The van der Waals surface area contributed by atoms with E-state index in [-0.39, 0.29) is 12.0 Å². The summed E-state index contributed by atoms with van der Waals surface area (Å²) in [6.07, 6.45) is 0.179. The Bertz CT molecular complexity index is 169. The van der Waals surface area contributed by atoms with Crippen molar-refractivity contribution in [2.24, 2.45) is 5.73 Å². The molecule has 76 valence electrons. The first-order valence-corrected chi connectivity index (χ1v) is 4.47. The van der Waals surface area contributed by atoms with Gasteiger partial charge in [0.25, 0.3) is 0 Å². The number of morpholine rings is 1. The van der Waals surface area contributed by atoms with Crippen molar-refractivity contribution in [3.05, 3.63) is 0 Å². The van der Waals surface area contributed by atoms with Crippen molar-refractivity contribution in [2.45, 2.75) is 6.10 Å². The smallest absolute Gasteiger partial charge is 0.231 e. The van der Waals surface area contributed by atoms with E-state index < -0.39 is 0 Å². The van der Waals surface area contributed by atoms with Gasteiger partial charge in [-0.05, 0) is 7.05 Å². The summed E-state index contributed by atoms with van der Waals surface area (Å²) in [5.41, 5.74) is 5.06. The van der Waals surface area contributed by atoms with E-state index >= 15 is 0 Å². The number of primary amides is 1. The van der Waals surface area contributed by atoms with Crippen LogP contribution in [0.25, 0.3) is 0 Å². The van der Waals surface area contributed by atoms with Gasteiger partial charge in [0, 0.05) is 19.6 Å². The Balaban J connectivity index is 2.18. The van der Waals surface area contributed by atoms with E-state index in [1.807, 2.05) is 11.9 Å². The molecule has 1 amide bonds. The molecular weight excluding hydrogens is 170 g/mol. The Labute approximate surface area is 78.2 Å². The molecule has 1 unspecified atom stereocenters. The second kappa shape index (κ2) is 5.16. The van der Waals surface area contributed by atoms with Gasteiger partial charge in [0.05, 0.1) is 19.3 Å². The summed E-state index contributed by atoms with van der Waals surface area (Å²) in [5.74, 6) is -0.300. The van der Waals surface area contributed by atoms with Gasteiger partial charge in [-0.1, -0.05) is 0 Å². The fourth-order valence-corrected chi connectivity index (χ4v) is 1.42. The van der Waals surface area contributed by atoms with Crippen LogP contribution in [0, 0.1) is 0 Å². The topological polar surface area (TPSA) is 67.6 Å². The van der Waals surface area contributed by atoms with Crippen LogP contribution in [0.4, 0.5) is 0 Å². The molecule has 0 radical (unpaired) electrons. The number of nitrogens with two attached hydrogens (primary N) is 1. The number of nitrogens with one attached hydrogen (secondary N) is 1. The Morgan fingerprint density at radius 1 is 1.77 bits per heavy atom. The molecule has 1 atom stereocenters. The normalized spacial score (nSPS) is 23.4. The van der Waals surface area contributed by atoms with Crippen molar-refractivity contribution in [1.29, 1.82) is 0 Å². The lowest BCUT2D eigenvalue weighted by Crippen LogP contribution is -2.45. The van der Waals surface area contributed by atoms with Crippen LogP contribution in [0.3, 0.4) is 0 Å². The van der Waals surface area contributed by atoms with E-state index in [1.54, 1.807) is 0 Å². The molecule has 0 saturated carbocycles. The molecule has 0 aliphatic carbocycles. The van der Waals surface area contributed by atoms with Gasteiger partial charge in [-0.2, -0.15) is 0 Å². The first-order valence-electron chi connectivity index (χ1n) is 4.47. The Morgan fingerprint density at radius 3 is 3.08 bits per heavy atom. The van der Waals surface area contributed by atoms with Gasteiger partial charge in [-0.3, -0.25) is 9.69 Å². The lowest BCUT2D eigenvalue weighted by Gasteiger charge is -2.27. The van der Waals surface area contributed by atoms with E-state index in [1.165, 1.54) is 0 Å². The summed E-state index contributed by atoms with van der Waals surface area (Å²) >= 11 is 0. The van der Waals surface area contributed by atoms with Crippen molar-refractivity contribution in [3.8, 4) is 0 Å². The maximum absolute atomic E-state index is 10.6. The summed E-state index contributed by atoms with van der Waals surface area (Å²) < 4.78 is 5.47. The van der Waals surface area contributed by atoms with E-state index in [0.717, 1.165) is 26.2 Å². The van der Waals surface area contributed by atoms with E-state index in [4.69, 9.17) is 10.5 Å². The minimum atomic E-state index is -0.300. The standard InChI is InChI=1S/C8H17N3O2/c1-11(6-8(9)12)5-7-4-10-2-3-13-7/h7,10H,2-6H2,1H3,(H2,9,12). The molecule has 0 aromatic rings. The number of hydrogen-bond donors (Lipinski definition) is 2. The molecule has 1 aliphatic heterocycles. The fraction of sp³-hybridized carbons (Fsp3) is 0.875. The van der Waals surface area contributed by atoms with Crippen molar-refractivity contribution in [1.82, 2.24) is 10.2 Å². The molecule has 5 heteroatoms. The van der Waals surface area contributed by atoms with Crippen LogP contribution in [0.5, 0.6) is 0 Å². The molecule has 0 bridgehead atoms. The number of carbonyl (C=O) groups excluding carboxylic acids is 1. The minimum Gasteiger partial charge on any atom is -0.374 e. The highest BCUT2D eigenvalue weighted by Gasteiger charge is 2.15. The van der Waals surface area contributed by atoms with Crippen LogP contribution >= 0.6 is 0 Å². The molecule has 5 nitrogen and oxygen atoms in total. The number of amides is 1. The first kappa shape index (κ1) is 10.4.